The number of amides is 1. The molecule has 0 saturated heterocycles. The topological polar surface area (TPSA) is 50.7 Å². The van der Waals surface area contributed by atoms with E-state index in [1.165, 1.54) is 36.5 Å². The number of benzene rings is 3. The van der Waals surface area contributed by atoms with Gasteiger partial charge in [0, 0.05) is 0 Å². The fourth-order valence-corrected chi connectivity index (χ4v) is 2.89. The Bertz CT molecular complexity index is 1020. The van der Waals surface area contributed by atoms with Crippen molar-refractivity contribution in [3.8, 4) is 5.75 Å². The molecule has 0 radical (unpaired) electrons. The Kier molecular flexibility index (Phi) is 6.34. The number of rotatable bonds is 6. The first-order valence-electron chi connectivity index (χ1n) is 9.00. The second-order valence-corrected chi connectivity index (χ2v) is 6.58. The zero-order valence-corrected chi connectivity index (χ0v) is 16.1. The molecule has 0 aliphatic heterocycles. The fourth-order valence-electron chi connectivity index (χ4n) is 2.89. The van der Waals surface area contributed by atoms with E-state index in [1.807, 2.05) is 26.0 Å². The van der Waals surface area contributed by atoms with Crippen LogP contribution in [0.3, 0.4) is 0 Å². The molecule has 0 spiro atoms. The van der Waals surface area contributed by atoms with Crippen LogP contribution in [0.4, 0.5) is 8.78 Å². The van der Waals surface area contributed by atoms with Crippen LogP contribution in [-0.4, -0.2) is 12.1 Å². The Morgan fingerprint density at radius 2 is 1.69 bits per heavy atom. The van der Waals surface area contributed by atoms with Crippen molar-refractivity contribution in [3.05, 3.63) is 100 Å². The van der Waals surface area contributed by atoms with Crippen LogP contribution in [0.5, 0.6) is 5.75 Å². The summed E-state index contributed by atoms with van der Waals surface area (Å²) in [5.74, 6) is -0.768. The molecule has 4 nitrogen and oxygen atoms in total. The Labute approximate surface area is 167 Å². The third kappa shape index (κ3) is 5.25. The molecular weight excluding hydrogens is 374 g/mol. The molecule has 148 valence electrons. The van der Waals surface area contributed by atoms with Crippen molar-refractivity contribution < 1.29 is 18.3 Å². The highest BCUT2D eigenvalue weighted by Gasteiger charge is 2.10. The van der Waals surface area contributed by atoms with E-state index in [4.69, 9.17) is 4.74 Å². The number of hydrazone groups is 1. The largest absolute Gasteiger partial charge is 0.488 e. The minimum atomic E-state index is -0.618. The molecule has 0 heterocycles. The van der Waals surface area contributed by atoms with E-state index in [0.29, 0.717) is 6.61 Å². The predicted octanol–water partition coefficient (Wildman–Crippen LogP) is 4.92. The first-order valence-corrected chi connectivity index (χ1v) is 9.00. The van der Waals surface area contributed by atoms with Gasteiger partial charge in [0.1, 0.15) is 24.0 Å². The van der Waals surface area contributed by atoms with E-state index < -0.39 is 11.7 Å². The summed E-state index contributed by atoms with van der Waals surface area (Å²) in [6.07, 6.45) is 1.49. The van der Waals surface area contributed by atoms with Gasteiger partial charge in [-0.15, -0.1) is 0 Å². The Hall–Kier alpha value is -3.54. The van der Waals surface area contributed by atoms with Crippen molar-refractivity contribution >= 4 is 12.1 Å². The lowest BCUT2D eigenvalue weighted by atomic mass is 10.1. The molecule has 0 saturated carbocycles. The molecule has 29 heavy (non-hydrogen) atoms. The molecule has 3 rings (SSSR count). The summed E-state index contributed by atoms with van der Waals surface area (Å²) in [7, 11) is 0. The molecule has 3 aromatic carbocycles. The maximum absolute atomic E-state index is 13.6. The van der Waals surface area contributed by atoms with Gasteiger partial charge in [0.15, 0.2) is 0 Å². The average Bonchev–Trinajstić information content (AvgIpc) is 2.69. The molecular formula is C23H20F2N2O2. The summed E-state index contributed by atoms with van der Waals surface area (Å²) in [6, 6.07) is 15.6. The van der Waals surface area contributed by atoms with Crippen LogP contribution in [0.15, 0.2) is 65.8 Å². The predicted molar refractivity (Wildman–Crippen MR) is 108 cm³/mol. The SMILES string of the molecule is Cc1cc(/C=N\NC(=O)c2ccccc2F)cc(C)c1OCc1ccc(F)cc1. The molecule has 1 N–H and O–H groups in total. The van der Waals surface area contributed by atoms with Crippen molar-refractivity contribution in [2.45, 2.75) is 20.5 Å². The number of ether oxygens (including phenoxy) is 1. The third-order valence-electron chi connectivity index (χ3n) is 4.28. The van der Waals surface area contributed by atoms with E-state index in [-0.39, 0.29) is 11.4 Å². The lowest BCUT2D eigenvalue weighted by molar-refractivity contribution is 0.0951. The number of halogens is 2. The molecule has 0 bridgehead atoms. The zero-order valence-electron chi connectivity index (χ0n) is 16.1. The smallest absolute Gasteiger partial charge is 0.274 e. The van der Waals surface area contributed by atoms with Crippen LogP contribution in [0.2, 0.25) is 0 Å². The summed E-state index contributed by atoms with van der Waals surface area (Å²) in [5, 5.41) is 3.91. The molecule has 3 aromatic rings. The van der Waals surface area contributed by atoms with E-state index in [9.17, 15) is 13.6 Å². The van der Waals surface area contributed by atoms with Crippen LogP contribution in [0.1, 0.15) is 32.6 Å². The number of hydrogen-bond acceptors (Lipinski definition) is 3. The van der Waals surface area contributed by atoms with Crippen molar-refractivity contribution in [1.82, 2.24) is 5.43 Å². The van der Waals surface area contributed by atoms with Gasteiger partial charge < -0.3 is 4.74 Å². The zero-order chi connectivity index (χ0) is 20.8. The standard InChI is InChI=1S/C23H20F2N2O2/c1-15-11-18(13-26-27-23(28)20-5-3-4-6-21(20)25)12-16(2)22(15)29-14-17-7-9-19(24)10-8-17/h3-13H,14H2,1-2H3,(H,27,28)/b26-13-. The van der Waals surface area contributed by atoms with Gasteiger partial charge in [0.2, 0.25) is 0 Å². The highest BCUT2D eigenvalue weighted by Crippen LogP contribution is 2.25. The number of aryl methyl sites for hydroxylation is 2. The van der Waals surface area contributed by atoms with Gasteiger partial charge in [-0.25, -0.2) is 14.2 Å². The van der Waals surface area contributed by atoms with Crippen molar-refractivity contribution in [3.63, 3.8) is 0 Å². The number of carbonyl (C=O) groups excluding carboxylic acids is 1. The van der Waals surface area contributed by atoms with Crippen molar-refractivity contribution in [2.24, 2.45) is 5.10 Å². The molecule has 6 heteroatoms. The van der Waals surface area contributed by atoms with Crippen LogP contribution < -0.4 is 10.2 Å². The first-order chi connectivity index (χ1) is 13.9. The minimum absolute atomic E-state index is 0.0680. The quantitative estimate of drug-likeness (QED) is 0.476. The number of nitrogens with zero attached hydrogens (tertiary/aromatic N) is 1. The van der Waals surface area contributed by atoms with E-state index in [1.54, 1.807) is 18.2 Å². The van der Waals surface area contributed by atoms with Crippen LogP contribution in [0, 0.1) is 25.5 Å². The highest BCUT2D eigenvalue weighted by atomic mass is 19.1. The highest BCUT2D eigenvalue weighted by molar-refractivity contribution is 5.95. The van der Waals surface area contributed by atoms with E-state index in [0.717, 1.165) is 28.0 Å². The molecule has 0 aliphatic rings. The Morgan fingerprint density at radius 1 is 1.03 bits per heavy atom. The molecule has 0 fully saturated rings. The summed E-state index contributed by atoms with van der Waals surface area (Å²) >= 11 is 0. The summed E-state index contributed by atoms with van der Waals surface area (Å²) in [5.41, 5.74) is 5.68. The van der Waals surface area contributed by atoms with Gasteiger partial charge in [-0.1, -0.05) is 24.3 Å². The van der Waals surface area contributed by atoms with Crippen molar-refractivity contribution in [1.29, 1.82) is 0 Å². The monoisotopic (exact) mass is 394 g/mol. The molecule has 1 amide bonds. The van der Waals surface area contributed by atoms with Crippen molar-refractivity contribution in [2.75, 3.05) is 0 Å². The first kappa shape index (κ1) is 20.2. The second-order valence-electron chi connectivity index (χ2n) is 6.58. The lowest BCUT2D eigenvalue weighted by Crippen LogP contribution is -2.18. The van der Waals surface area contributed by atoms with Crippen LogP contribution >= 0.6 is 0 Å². The van der Waals surface area contributed by atoms with Crippen LogP contribution in [-0.2, 0) is 6.61 Å². The van der Waals surface area contributed by atoms with Gasteiger partial charge in [0.05, 0.1) is 11.8 Å². The van der Waals surface area contributed by atoms with Gasteiger partial charge in [-0.3, -0.25) is 4.79 Å². The molecule has 0 aromatic heterocycles. The lowest BCUT2D eigenvalue weighted by Gasteiger charge is -2.13. The Morgan fingerprint density at radius 3 is 2.34 bits per heavy atom. The third-order valence-corrected chi connectivity index (χ3v) is 4.28. The van der Waals surface area contributed by atoms with Gasteiger partial charge >= 0.3 is 0 Å². The average molecular weight is 394 g/mol. The van der Waals surface area contributed by atoms with Gasteiger partial charge in [0.25, 0.3) is 5.91 Å². The Balaban J connectivity index is 1.65. The van der Waals surface area contributed by atoms with Gasteiger partial charge in [-0.05, 0) is 72.5 Å². The summed E-state index contributed by atoms with van der Waals surface area (Å²) < 4.78 is 32.5. The molecule has 0 aliphatic carbocycles. The molecule has 0 atom stereocenters. The van der Waals surface area contributed by atoms with Gasteiger partial charge in [-0.2, -0.15) is 5.10 Å². The number of carbonyl (C=O) groups is 1. The normalized spacial score (nSPS) is 10.9. The second kappa shape index (κ2) is 9.10. The van der Waals surface area contributed by atoms with E-state index in [2.05, 4.69) is 10.5 Å². The number of nitrogens with one attached hydrogen (secondary N) is 1. The maximum Gasteiger partial charge on any atom is 0.274 e. The maximum atomic E-state index is 13.6. The molecule has 0 unspecified atom stereocenters. The minimum Gasteiger partial charge on any atom is -0.488 e. The summed E-state index contributed by atoms with van der Waals surface area (Å²) in [4.78, 5) is 12.0. The van der Waals surface area contributed by atoms with E-state index >= 15 is 0 Å². The summed E-state index contributed by atoms with van der Waals surface area (Å²) in [6.45, 7) is 4.14. The van der Waals surface area contributed by atoms with Crippen LogP contribution in [0.25, 0.3) is 0 Å². The number of hydrogen-bond donors (Lipinski definition) is 1. The fraction of sp³-hybridized carbons (Fsp3) is 0.130.